The predicted molar refractivity (Wildman–Crippen MR) is 299 cm³/mol. The van der Waals surface area contributed by atoms with Crippen LogP contribution in [0.2, 0.25) is 0 Å². The van der Waals surface area contributed by atoms with E-state index in [1.165, 1.54) is 128 Å². The molecule has 3 saturated heterocycles. The Bertz CT molecular complexity index is 1650. The number of aliphatic carboxylic acids is 1. The molecule has 3 fully saturated rings. The van der Waals surface area contributed by atoms with Gasteiger partial charge in [0.2, 0.25) is 5.91 Å². The normalized spacial score (nSPS) is 30.6. The zero-order valence-electron chi connectivity index (χ0n) is 48.8. The molecule has 0 aromatic heterocycles. The second kappa shape index (κ2) is 41.9. The summed E-state index contributed by atoms with van der Waals surface area (Å²) < 4.78 is 34.2. The van der Waals surface area contributed by atoms with Crippen molar-refractivity contribution in [2.24, 2.45) is 0 Å². The zero-order valence-corrected chi connectivity index (χ0v) is 48.8. The van der Waals surface area contributed by atoms with Crippen LogP contribution < -0.4 is 5.32 Å². The maximum atomic E-state index is 13.4. The van der Waals surface area contributed by atoms with E-state index in [9.17, 15) is 76.0 Å². The number of unbranched alkanes of at least 4 members (excludes halogenated alkanes) is 27. The van der Waals surface area contributed by atoms with Gasteiger partial charge in [-0.3, -0.25) is 4.79 Å². The molecule has 476 valence electrons. The van der Waals surface area contributed by atoms with Crippen LogP contribution in [-0.2, 0) is 38.0 Å². The van der Waals surface area contributed by atoms with Crippen LogP contribution in [0.25, 0.3) is 0 Å². The van der Waals surface area contributed by atoms with Gasteiger partial charge in [0.15, 0.2) is 12.6 Å². The lowest BCUT2D eigenvalue weighted by Gasteiger charge is -2.50. The van der Waals surface area contributed by atoms with Crippen molar-refractivity contribution >= 4 is 11.9 Å². The van der Waals surface area contributed by atoms with Gasteiger partial charge in [0, 0.05) is 12.8 Å². The molecule has 6 unspecified atom stereocenters. The lowest BCUT2D eigenvalue weighted by molar-refractivity contribution is -0.390. The highest BCUT2D eigenvalue weighted by Gasteiger charge is 2.60. The van der Waals surface area contributed by atoms with Gasteiger partial charge in [-0.25, -0.2) is 4.79 Å². The first-order valence-corrected chi connectivity index (χ1v) is 31.1. The molecule has 0 spiro atoms. The number of hydrogen-bond donors (Lipinski definition) is 14. The Morgan fingerprint density at radius 1 is 0.593 bits per heavy atom. The van der Waals surface area contributed by atoms with Crippen molar-refractivity contribution in [1.82, 2.24) is 5.32 Å². The van der Waals surface area contributed by atoms with Gasteiger partial charge in [-0.2, -0.15) is 0 Å². The van der Waals surface area contributed by atoms with E-state index in [2.05, 4.69) is 19.2 Å². The van der Waals surface area contributed by atoms with Gasteiger partial charge in [0.05, 0.1) is 44.7 Å². The minimum absolute atomic E-state index is 0.208. The van der Waals surface area contributed by atoms with Crippen LogP contribution in [-0.4, -0.2) is 215 Å². The number of aliphatic hydroxyl groups excluding tert-OH is 12. The Kier molecular flexibility index (Phi) is 37.9. The average molecular weight is 1170 g/mol. The number of nitrogens with one attached hydrogen (secondary N) is 1. The first kappa shape index (κ1) is 73.2. The van der Waals surface area contributed by atoms with Crippen LogP contribution in [0, 0.1) is 0 Å². The Balaban J connectivity index is 1.61. The highest BCUT2D eigenvalue weighted by atomic mass is 16.8. The number of allylic oxidation sites excluding steroid dienone is 1. The standard InChI is InChI=1S/C59H109NO21/c1-3-5-7-9-11-13-15-17-18-19-20-22-24-26-28-30-32-34-46(67)60-40(41(64)33-31-29-27-25-23-21-16-14-12-10-8-6-4-2)39-76-56-51(72)50(71)53(45(38-63)78-56)79-57-52(73)55(49(70)44(37-62)77-57)81-59(58(74)75)35-42(65)47(68)54(80-59)48(69)43(66)36-61/h31,33,40-45,47-57,61-66,68-73H,3-30,32,34-39H2,1-2H3,(H,60,67)(H,74,75)/b33-31+/t40-,41+,42?,43+,44?,45?,47+,48+,49-,50+,51?,52?,53+,54?,55-,56+,57-,59-/m0/s1. The minimum Gasteiger partial charge on any atom is -0.477 e. The fourth-order valence-corrected chi connectivity index (χ4v) is 10.9. The summed E-state index contributed by atoms with van der Waals surface area (Å²) in [5.41, 5.74) is 0. The van der Waals surface area contributed by atoms with Crippen molar-refractivity contribution in [1.29, 1.82) is 0 Å². The number of carbonyl (C=O) groups is 2. The summed E-state index contributed by atoms with van der Waals surface area (Å²) in [5, 5.41) is 142. The molecule has 22 heteroatoms. The van der Waals surface area contributed by atoms with E-state index in [0.29, 0.717) is 12.8 Å². The molecule has 81 heavy (non-hydrogen) atoms. The molecule has 1 amide bonds. The molecule has 0 radical (unpaired) electrons. The number of aliphatic hydroxyl groups is 12. The summed E-state index contributed by atoms with van der Waals surface area (Å²) in [6.45, 7) is 1.09. The predicted octanol–water partition coefficient (Wildman–Crippen LogP) is 3.80. The Morgan fingerprint density at radius 3 is 1.56 bits per heavy atom. The topological polar surface area (TPSA) is 365 Å². The average Bonchev–Trinajstić information content (AvgIpc) is 3.60. The quantitative estimate of drug-likeness (QED) is 0.0304. The molecule has 22 nitrogen and oxygen atoms in total. The fraction of sp³-hybridized carbons (Fsp3) is 0.932. The number of carbonyl (C=O) groups excluding carboxylic acids is 1. The van der Waals surface area contributed by atoms with E-state index in [-0.39, 0.29) is 12.3 Å². The van der Waals surface area contributed by atoms with Crippen molar-refractivity contribution in [3.63, 3.8) is 0 Å². The molecule has 3 aliphatic heterocycles. The monoisotopic (exact) mass is 1170 g/mol. The number of ether oxygens (including phenoxy) is 6. The molecule has 3 aliphatic rings. The molecule has 0 bridgehead atoms. The summed E-state index contributed by atoms with van der Waals surface area (Å²) in [6.07, 6.45) is 6.27. The van der Waals surface area contributed by atoms with Gasteiger partial charge in [-0.05, 0) is 19.3 Å². The molecule has 18 atom stereocenters. The van der Waals surface area contributed by atoms with E-state index in [4.69, 9.17) is 28.4 Å². The first-order valence-electron chi connectivity index (χ1n) is 31.1. The van der Waals surface area contributed by atoms with E-state index < -0.39 is 149 Å². The molecule has 3 rings (SSSR count). The molecule has 0 saturated carbocycles. The van der Waals surface area contributed by atoms with Crippen LogP contribution in [0.5, 0.6) is 0 Å². The second-order valence-corrected chi connectivity index (χ2v) is 22.9. The molecule has 0 aromatic carbocycles. The number of rotatable bonds is 46. The van der Waals surface area contributed by atoms with Gasteiger partial charge < -0.3 is 100 Å². The van der Waals surface area contributed by atoms with E-state index in [1.54, 1.807) is 6.08 Å². The largest absolute Gasteiger partial charge is 0.477 e. The van der Waals surface area contributed by atoms with Gasteiger partial charge in [0.1, 0.15) is 73.2 Å². The summed E-state index contributed by atoms with van der Waals surface area (Å²) in [7, 11) is 0. The third-order valence-electron chi connectivity index (χ3n) is 16.1. The first-order chi connectivity index (χ1) is 39.0. The molecule has 0 aliphatic carbocycles. The van der Waals surface area contributed by atoms with Crippen LogP contribution in [0.4, 0.5) is 0 Å². The maximum absolute atomic E-state index is 13.4. The highest BCUT2D eigenvalue weighted by molar-refractivity contribution is 5.76. The Labute approximate surface area is 481 Å². The summed E-state index contributed by atoms with van der Waals surface area (Å²) in [5.74, 6) is -5.38. The summed E-state index contributed by atoms with van der Waals surface area (Å²) >= 11 is 0. The molecular weight excluding hydrogens is 1060 g/mol. The molecular formula is C59H109NO21. The Morgan fingerprint density at radius 2 is 1.07 bits per heavy atom. The van der Waals surface area contributed by atoms with E-state index in [0.717, 1.165) is 44.9 Å². The smallest absolute Gasteiger partial charge is 0.364 e. The van der Waals surface area contributed by atoms with Crippen LogP contribution in [0.3, 0.4) is 0 Å². The zero-order chi connectivity index (χ0) is 59.6. The number of amides is 1. The third kappa shape index (κ3) is 25.8. The number of carboxylic acid groups (broad SMARTS) is 1. The second-order valence-electron chi connectivity index (χ2n) is 22.9. The molecule has 0 aromatic rings. The lowest BCUT2D eigenvalue weighted by Crippen LogP contribution is -2.69. The van der Waals surface area contributed by atoms with Crippen LogP contribution in [0.1, 0.15) is 213 Å². The fourth-order valence-electron chi connectivity index (χ4n) is 10.9. The molecule has 14 N–H and O–H groups in total. The van der Waals surface area contributed by atoms with Gasteiger partial charge in [-0.1, -0.05) is 193 Å². The van der Waals surface area contributed by atoms with Crippen molar-refractivity contribution in [2.75, 3.05) is 26.4 Å². The highest BCUT2D eigenvalue weighted by Crippen LogP contribution is 2.38. The van der Waals surface area contributed by atoms with E-state index >= 15 is 0 Å². The van der Waals surface area contributed by atoms with Gasteiger partial charge >= 0.3 is 5.97 Å². The van der Waals surface area contributed by atoms with Gasteiger partial charge in [0.25, 0.3) is 5.79 Å². The van der Waals surface area contributed by atoms with Gasteiger partial charge in [-0.15, -0.1) is 0 Å². The van der Waals surface area contributed by atoms with Crippen molar-refractivity contribution in [3.8, 4) is 0 Å². The lowest BCUT2D eigenvalue weighted by atomic mass is 9.90. The summed E-state index contributed by atoms with van der Waals surface area (Å²) in [6, 6.07) is -1.03. The van der Waals surface area contributed by atoms with Crippen molar-refractivity contribution in [3.05, 3.63) is 12.2 Å². The Hall–Kier alpha value is -2.04. The van der Waals surface area contributed by atoms with Crippen molar-refractivity contribution < 1.29 is 104 Å². The SMILES string of the molecule is CCCCCCCCCCCCC/C=C/[C@@H](O)[C@H](CO[C@@H]1OC(CO)[C@@H](O[C@@H]2OC(CO)[C@H](O)[C@H](O[C@]3(C(=O)O)CC(O)[C@@H](O)C([C@H](O)[C@H](O)CO)O3)C2O)[C@H](O)C1O)NC(=O)CCCCCCCCCCCCCCCCCCC. The maximum Gasteiger partial charge on any atom is 0.364 e. The third-order valence-corrected chi connectivity index (χ3v) is 16.1. The number of carboxylic acids is 1. The minimum atomic E-state index is -3.08. The summed E-state index contributed by atoms with van der Waals surface area (Å²) in [4.78, 5) is 26.1. The van der Waals surface area contributed by atoms with E-state index in [1.807, 2.05) is 6.08 Å². The van der Waals surface area contributed by atoms with Crippen LogP contribution in [0.15, 0.2) is 12.2 Å². The van der Waals surface area contributed by atoms with Crippen molar-refractivity contribution in [2.45, 2.75) is 323 Å². The number of hydrogen-bond acceptors (Lipinski definition) is 20. The molecule has 3 heterocycles. The van der Waals surface area contributed by atoms with Crippen LogP contribution >= 0.6 is 0 Å².